The van der Waals surface area contributed by atoms with E-state index in [1.807, 2.05) is 48.5 Å². The zero-order valence-corrected chi connectivity index (χ0v) is 13.9. The third-order valence-electron chi connectivity index (χ3n) is 3.86. The molecule has 2 N–H and O–H groups in total. The van der Waals surface area contributed by atoms with Gasteiger partial charge in [0.15, 0.2) is 0 Å². The fourth-order valence-corrected chi connectivity index (χ4v) is 2.84. The minimum atomic E-state index is 0.142. The molecule has 0 fully saturated rings. The largest absolute Gasteiger partial charge is 0.506 e. The van der Waals surface area contributed by atoms with Gasteiger partial charge in [-0.2, -0.15) is 0 Å². The number of aromatic hydroxyl groups is 1. The molecular weight excluding hydrogens is 334 g/mol. The first kappa shape index (κ1) is 15.4. The number of phenolic OH excluding ortho intramolecular Hbond substituents is 1. The van der Waals surface area contributed by atoms with E-state index in [-0.39, 0.29) is 5.75 Å². The van der Waals surface area contributed by atoms with Crippen molar-refractivity contribution in [1.82, 2.24) is 9.97 Å². The number of anilines is 2. The van der Waals surface area contributed by atoms with Crippen molar-refractivity contribution >= 4 is 34.1 Å². The quantitative estimate of drug-likeness (QED) is 0.487. The molecule has 0 saturated carbocycles. The van der Waals surface area contributed by atoms with Crippen molar-refractivity contribution in [3.8, 4) is 17.0 Å². The topological polar surface area (TPSA) is 58.0 Å². The maximum absolute atomic E-state index is 9.97. The van der Waals surface area contributed by atoms with Crippen LogP contribution in [-0.4, -0.2) is 15.1 Å². The smallest absolute Gasteiger partial charge is 0.228 e. The molecule has 0 spiro atoms. The first-order chi connectivity index (χ1) is 12.2. The predicted molar refractivity (Wildman–Crippen MR) is 101 cm³/mol. The van der Waals surface area contributed by atoms with Crippen LogP contribution in [0, 0.1) is 0 Å². The minimum absolute atomic E-state index is 0.142. The molecule has 0 amide bonds. The standard InChI is InChI=1S/C20H14ClN3O/c21-14-10-11-16-15(12-14)19(13-6-2-1-3-7-13)24-20(22-16)23-17-8-4-5-9-18(17)25/h1-12,25H,(H,22,23,24). The SMILES string of the molecule is Oc1ccccc1Nc1nc(-c2ccccc2)c2cc(Cl)ccc2n1. The zero-order valence-electron chi connectivity index (χ0n) is 13.1. The molecule has 122 valence electrons. The zero-order chi connectivity index (χ0) is 17.2. The van der Waals surface area contributed by atoms with Gasteiger partial charge in [-0.3, -0.25) is 0 Å². The van der Waals surface area contributed by atoms with E-state index < -0.39 is 0 Å². The van der Waals surface area contributed by atoms with Crippen LogP contribution in [0.25, 0.3) is 22.2 Å². The highest BCUT2D eigenvalue weighted by Crippen LogP contribution is 2.31. The van der Waals surface area contributed by atoms with E-state index in [2.05, 4.69) is 15.3 Å². The van der Waals surface area contributed by atoms with Crippen molar-refractivity contribution in [3.63, 3.8) is 0 Å². The molecule has 25 heavy (non-hydrogen) atoms. The molecule has 0 saturated heterocycles. The van der Waals surface area contributed by atoms with Crippen molar-refractivity contribution in [1.29, 1.82) is 0 Å². The van der Waals surface area contributed by atoms with Gasteiger partial charge in [0, 0.05) is 16.0 Å². The fourth-order valence-electron chi connectivity index (χ4n) is 2.67. The molecule has 0 radical (unpaired) electrons. The highest BCUT2D eigenvalue weighted by Gasteiger charge is 2.11. The summed E-state index contributed by atoms with van der Waals surface area (Å²) >= 11 is 6.16. The van der Waals surface area contributed by atoms with E-state index in [0.717, 1.165) is 22.2 Å². The fraction of sp³-hybridized carbons (Fsp3) is 0. The highest BCUT2D eigenvalue weighted by molar-refractivity contribution is 6.31. The Morgan fingerprint density at radius 1 is 0.840 bits per heavy atom. The summed E-state index contributed by atoms with van der Waals surface area (Å²) in [6.45, 7) is 0. The van der Waals surface area contributed by atoms with Crippen molar-refractivity contribution < 1.29 is 5.11 Å². The number of halogens is 1. The molecule has 0 unspecified atom stereocenters. The lowest BCUT2D eigenvalue weighted by atomic mass is 10.1. The predicted octanol–water partition coefficient (Wildman–Crippen LogP) is 5.40. The Labute approximate surface area is 149 Å². The summed E-state index contributed by atoms with van der Waals surface area (Å²) in [6.07, 6.45) is 0. The Bertz CT molecular complexity index is 1050. The second kappa shape index (κ2) is 6.42. The summed E-state index contributed by atoms with van der Waals surface area (Å²) in [6, 6.07) is 22.4. The Morgan fingerprint density at radius 2 is 1.60 bits per heavy atom. The molecule has 0 aliphatic rings. The van der Waals surface area contributed by atoms with Crippen LogP contribution < -0.4 is 5.32 Å². The van der Waals surface area contributed by atoms with Crippen LogP contribution in [0.4, 0.5) is 11.6 Å². The first-order valence-electron chi connectivity index (χ1n) is 7.78. The van der Waals surface area contributed by atoms with Crippen molar-refractivity contribution in [2.75, 3.05) is 5.32 Å². The number of nitrogens with one attached hydrogen (secondary N) is 1. The van der Waals surface area contributed by atoms with Crippen LogP contribution in [0.1, 0.15) is 0 Å². The van der Waals surface area contributed by atoms with Gasteiger partial charge >= 0.3 is 0 Å². The van der Waals surface area contributed by atoms with Gasteiger partial charge in [0.05, 0.1) is 16.9 Å². The number of aromatic nitrogens is 2. The van der Waals surface area contributed by atoms with Gasteiger partial charge in [0.25, 0.3) is 0 Å². The van der Waals surface area contributed by atoms with Gasteiger partial charge in [-0.25, -0.2) is 9.97 Å². The van der Waals surface area contributed by atoms with E-state index in [4.69, 9.17) is 11.6 Å². The second-order valence-corrected chi connectivity index (χ2v) is 6.00. The lowest BCUT2D eigenvalue weighted by molar-refractivity contribution is 0.477. The van der Waals surface area contributed by atoms with Crippen LogP contribution in [0.15, 0.2) is 72.8 Å². The summed E-state index contributed by atoms with van der Waals surface area (Å²) < 4.78 is 0. The van der Waals surface area contributed by atoms with E-state index >= 15 is 0 Å². The van der Waals surface area contributed by atoms with Crippen molar-refractivity contribution in [3.05, 3.63) is 77.8 Å². The average Bonchev–Trinajstić information content (AvgIpc) is 2.64. The number of phenols is 1. The lowest BCUT2D eigenvalue weighted by Crippen LogP contribution is -2.00. The number of fused-ring (bicyclic) bond motifs is 1. The van der Waals surface area contributed by atoms with Crippen molar-refractivity contribution in [2.24, 2.45) is 0 Å². The van der Waals surface area contributed by atoms with E-state index in [0.29, 0.717) is 16.7 Å². The molecule has 5 heteroatoms. The van der Waals surface area contributed by atoms with Gasteiger partial charge < -0.3 is 10.4 Å². The molecule has 4 rings (SSSR count). The third kappa shape index (κ3) is 3.12. The normalized spacial score (nSPS) is 10.8. The van der Waals surface area contributed by atoms with Crippen LogP contribution in [-0.2, 0) is 0 Å². The lowest BCUT2D eigenvalue weighted by Gasteiger charge is -2.11. The van der Waals surface area contributed by atoms with Gasteiger partial charge in [-0.15, -0.1) is 0 Å². The Kier molecular flexibility index (Phi) is 3.96. The van der Waals surface area contributed by atoms with E-state index in [1.165, 1.54) is 0 Å². The molecule has 0 aliphatic heterocycles. The van der Waals surface area contributed by atoms with Crippen LogP contribution >= 0.6 is 11.6 Å². The summed E-state index contributed by atoms with van der Waals surface area (Å²) in [7, 11) is 0. The first-order valence-corrected chi connectivity index (χ1v) is 8.16. The molecule has 0 bridgehead atoms. The maximum Gasteiger partial charge on any atom is 0.228 e. The number of hydrogen-bond acceptors (Lipinski definition) is 4. The van der Waals surface area contributed by atoms with Crippen LogP contribution in [0.3, 0.4) is 0 Å². The molecule has 1 aromatic heterocycles. The molecule has 4 nitrogen and oxygen atoms in total. The Hall–Kier alpha value is -3.11. The molecule has 4 aromatic rings. The molecule has 1 heterocycles. The summed E-state index contributed by atoms with van der Waals surface area (Å²) in [5, 5.41) is 14.6. The summed E-state index contributed by atoms with van der Waals surface area (Å²) in [4.78, 5) is 9.20. The number of para-hydroxylation sites is 2. The van der Waals surface area contributed by atoms with Gasteiger partial charge in [0.1, 0.15) is 5.75 Å². The molecule has 0 atom stereocenters. The summed E-state index contributed by atoms with van der Waals surface area (Å²) in [5.74, 6) is 0.554. The number of rotatable bonds is 3. The Balaban J connectivity index is 1.89. The van der Waals surface area contributed by atoms with Crippen molar-refractivity contribution in [2.45, 2.75) is 0 Å². The number of nitrogens with zero attached hydrogens (tertiary/aromatic N) is 2. The van der Waals surface area contributed by atoms with Gasteiger partial charge in [-0.1, -0.05) is 54.1 Å². The maximum atomic E-state index is 9.97. The van der Waals surface area contributed by atoms with Gasteiger partial charge in [0.2, 0.25) is 5.95 Å². The molecular formula is C20H14ClN3O. The third-order valence-corrected chi connectivity index (χ3v) is 4.09. The highest BCUT2D eigenvalue weighted by atomic mass is 35.5. The summed E-state index contributed by atoms with van der Waals surface area (Å²) in [5.41, 5.74) is 3.08. The molecule has 0 aliphatic carbocycles. The number of benzene rings is 3. The van der Waals surface area contributed by atoms with E-state index in [9.17, 15) is 5.11 Å². The Morgan fingerprint density at radius 3 is 2.40 bits per heavy atom. The second-order valence-electron chi connectivity index (χ2n) is 5.57. The van der Waals surface area contributed by atoms with Crippen LogP contribution in [0.5, 0.6) is 5.75 Å². The van der Waals surface area contributed by atoms with E-state index in [1.54, 1.807) is 24.3 Å². The molecule has 3 aromatic carbocycles. The minimum Gasteiger partial charge on any atom is -0.506 e. The average molecular weight is 348 g/mol. The number of hydrogen-bond donors (Lipinski definition) is 2. The van der Waals surface area contributed by atoms with Gasteiger partial charge in [-0.05, 0) is 30.3 Å². The van der Waals surface area contributed by atoms with Crippen LogP contribution in [0.2, 0.25) is 5.02 Å². The monoisotopic (exact) mass is 347 g/mol.